The van der Waals surface area contributed by atoms with Crippen LogP contribution in [0.4, 0.5) is 0 Å². The topological polar surface area (TPSA) is 73.8 Å². The number of aliphatic imine (C=N–C) groups is 1. The molecule has 2 N–H and O–H groups in total. The molecule has 0 radical (unpaired) electrons. The normalized spacial score (nSPS) is 31.9. The second-order valence-corrected chi connectivity index (χ2v) is 11.4. The lowest BCUT2D eigenvalue weighted by atomic mass is 10.1. The van der Waals surface area contributed by atoms with Crippen molar-refractivity contribution in [2.75, 3.05) is 31.1 Å². The van der Waals surface area contributed by atoms with E-state index in [9.17, 15) is 8.42 Å². The van der Waals surface area contributed by atoms with Crippen LogP contribution in [0.2, 0.25) is 0 Å². The molecule has 0 aromatic carbocycles. The third-order valence-electron chi connectivity index (χ3n) is 6.93. The number of nitrogens with one attached hydrogen (secondary N) is 2. The van der Waals surface area contributed by atoms with Crippen molar-refractivity contribution in [1.82, 2.24) is 15.5 Å². The predicted octanol–water partition coefficient (Wildman–Crippen LogP) is 2.53. The highest BCUT2D eigenvalue weighted by Gasteiger charge is 2.31. The number of sulfone groups is 1. The van der Waals surface area contributed by atoms with Gasteiger partial charge in [0, 0.05) is 37.8 Å². The number of nitrogens with zero attached hydrogens (tertiary/aromatic N) is 2. The first-order chi connectivity index (χ1) is 13.1. The smallest absolute Gasteiger partial charge is 0.191 e. The van der Waals surface area contributed by atoms with Crippen LogP contribution in [0.25, 0.3) is 0 Å². The van der Waals surface area contributed by atoms with Gasteiger partial charge in [-0.3, -0.25) is 9.89 Å². The van der Waals surface area contributed by atoms with Gasteiger partial charge in [0.2, 0.25) is 0 Å². The van der Waals surface area contributed by atoms with Gasteiger partial charge in [-0.1, -0.05) is 25.7 Å². The van der Waals surface area contributed by atoms with Crippen LogP contribution in [0.1, 0.15) is 64.2 Å². The summed E-state index contributed by atoms with van der Waals surface area (Å²) in [5.74, 6) is 1.76. The molecule has 0 aromatic rings. The van der Waals surface area contributed by atoms with E-state index in [-0.39, 0.29) is 29.9 Å². The lowest BCUT2D eigenvalue weighted by Gasteiger charge is -2.25. The Kier molecular flexibility index (Phi) is 8.30. The maximum absolute atomic E-state index is 11.7. The standard InChI is InChI=1S/C20H36N4O2S.HI/c25-27(26)12-10-16(15-27)13-21-20(22-17-5-1-2-6-17)23-18-9-11-24(14-18)19-7-3-4-8-19;/h16-19H,1-15H2,(H2,21,22,23);1H. The molecule has 4 fully saturated rings. The van der Waals surface area contributed by atoms with Crippen LogP contribution in [0.5, 0.6) is 0 Å². The Bertz CT molecular complexity index is 630. The monoisotopic (exact) mass is 524 g/mol. The van der Waals surface area contributed by atoms with E-state index in [1.54, 1.807) is 0 Å². The molecule has 8 heteroatoms. The van der Waals surface area contributed by atoms with Crippen molar-refractivity contribution in [3.05, 3.63) is 0 Å². The number of halogens is 1. The molecule has 0 bridgehead atoms. The molecule has 4 aliphatic rings. The zero-order valence-electron chi connectivity index (χ0n) is 16.9. The van der Waals surface area contributed by atoms with E-state index in [4.69, 9.17) is 4.99 Å². The van der Waals surface area contributed by atoms with Gasteiger partial charge in [0.25, 0.3) is 0 Å². The van der Waals surface area contributed by atoms with E-state index in [0.717, 1.165) is 25.0 Å². The molecule has 28 heavy (non-hydrogen) atoms. The van der Waals surface area contributed by atoms with Crippen LogP contribution in [0.15, 0.2) is 4.99 Å². The van der Waals surface area contributed by atoms with Crippen LogP contribution in [-0.2, 0) is 9.84 Å². The van der Waals surface area contributed by atoms with Gasteiger partial charge in [0.15, 0.2) is 15.8 Å². The molecule has 2 aliphatic carbocycles. The van der Waals surface area contributed by atoms with Crippen molar-refractivity contribution >= 4 is 39.8 Å². The quantitative estimate of drug-likeness (QED) is 0.329. The minimum Gasteiger partial charge on any atom is -0.354 e. The summed E-state index contributed by atoms with van der Waals surface area (Å²) in [5, 5.41) is 7.33. The molecule has 2 saturated carbocycles. The van der Waals surface area contributed by atoms with Crippen LogP contribution in [0, 0.1) is 5.92 Å². The maximum atomic E-state index is 11.7. The summed E-state index contributed by atoms with van der Waals surface area (Å²) in [7, 11) is -2.82. The molecule has 2 unspecified atom stereocenters. The Morgan fingerprint density at radius 1 is 0.929 bits per heavy atom. The Labute approximate surface area is 187 Å². The van der Waals surface area contributed by atoms with E-state index in [2.05, 4.69) is 15.5 Å². The zero-order chi connectivity index (χ0) is 18.7. The second-order valence-electron chi connectivity index (χ2n) is 9.15. The average molecular weight is 525 g/mol. The lowest BCUT2D eigenvalue weighted by molar-refractivity contribution is 0.242. The average Bonchev–Trinajstić information content (AvgIpc) is 3.41. The van der Waals surface area contributed by atoms with Gasteiger partial charge in [0.1, 0.15) is 0 Å². The van der Waals surface area contributed by atoms with Crippen molar-refractivity contribution in [3.8, 4) is 0 Å². The van der Waals surface area contributed by atoms with Crippen molar-refractivity contribution in [3.63, 3.8) is 0 Å². The third-order valence-corrected chi connectivity index (χ3v) is 8.77. The fourth-order valence-corrected chi connectivity index (χ4v) is 7.18. The summed E-state index contributed by atoms with van der Waals surface area (Å²) in [4.78, 5) is 7.50. The minimum absolute atomic E-state index is 0. The largest absolute Gasteiger partial charge is 0.354 e. The van der Waals surface area contributed by atoms with Crippen LogP contribution in [-0.4, -0.2) is 68.5 Å². The highest BCUT2D eigenvalue weighted by Crippen LogP contribution is 2.26. The summed E-state index contributed by atoms with van der Waals surface area (Å²) in [6.45, 7) is 2.94. The fourth-order valence-electron chi connectivity index (χ4n) is 5.33. The van der Waals surface area contributed by atoms with Gasteiger partial charge >= 0.3 is 0 Å². The van der Waals surface area contributed by atoms with Gasteiger partial charge in [-0.15, -0.1) is 24.0 Å². The van der Waals surface area contributed by atoms with Crippen LogP contribution < -0.4 is 10.6 Å². The highest BCUT2D eigenvalue weighted by atomic mass is 127. The Hall–Kier alpha value is -0.0900. The maximum Gasteiger partial charge on any atom is 0.191 e. The highest BCUT2D eigenvalue weighted by molar-refractivity contribution is 14.0. The lowest BCUT2D eigenvalue weighted by Crippen LogP contribution is -2.48. The molecule has 0 amide bonds. The van der Waals surface area contributed by atoms with Gasteiger partial charge in [-0.05, 0) is 44.4 Å². The molecule has 2 heterocycles. The Morgan fingerprint density at radius 2 is 1.61 bits per heavy atom. The van der Waals surface area contributed by atoms with Crippen molar-refractivity contribution in [2.24, 2.45) is 10.9 Å². The van der Waals surface area contributed by atoms with Gasteiger partial charge in [0.05, 0.1) is 11.5 Å². The van der Waals surface area contributed by atoms with Crippen molar-refractivity contribution in [1.29, 1.82) is 0 Å². The van der Waals surface area contributed by atoms with Crippen molar-refractivity contribution < 1.29 is 8.42 Å². The van der Waals surface area contributed by atoms with E-state index in [0.29, 0.717) is 30.1 Å². The molecular formula is C20H37IN4O2S. The first-order valence-corrected chi connectivity index (χ1v) is 12.9. The summed E-state index contributed by atoms with van der Waals surface area (Å²) in [5.41, 5.74) is 0. The van der Waals surface area contributed by atoms with E-state index >= 15 is 0 Å². The van der Waals surface area contributed by atoms with Crippen molar-refractivity contribution in [2.45, 2.75) is 82.3 Å². The first kappa shape index (κ1) is 22.6. The third kappa shape index (κ3) is 6.20. The molecule has 0 aromatic heterocycles. The summed E-state index contributed by atoms with van der Waals surface area (Å²) in [6.07, 6.45) is 12.5. The zero-order valence-corrected chi connectivity index (χ0v) is 20.1. The SMILES string of the molecule is I.O=S1(=O)CCC(CN=C(NC2CCCC2)NC2CCN(C3CCCC3)C2)C1. The van der Waals surface area contributed by atoms with Gasteiger partial charge in [-0.2, -0.15) is 0 Å². The fraction of sp³-hybridized carbons (Fsp3) is 0.950. The van der Waals surface area contributed by atoms with E-state index < -0.39 is 9.84 Å². The molecule has 2 atom stereocenters. The molecule has 6 nitrogen and oxygen atoms in total. The summed E-state index contributed by atoms with van der Waals surface area (Å²) < 4.78 is 23.4. The van der Waals surface area contributed by atoms with Crippen LogP contribution in [0.3, 0.4) is 0 Å². The molecule has 162 valence electrons. The summed E-state index contributed by atoms with van der Waals surface area (Å²) in [6, 6.07) is 1.78. The van der Waals surface area contributed by atoms with E-state index in [1.165, 1.54) is 64.3 Å². The number of guanidine groups is 1. The molecule has 0 spiro atoms. The predicted molar refractivity (Wildman–Crippen MR) is 125 cm³/mol. The Morgan fingerprint density at radius 3 is 2.29 bits per heavy atom. The van der Waals surface area contributed by atoms with Gasteiger partial charge < -0.3 is 10.6 Å². The second kappa shape index (κ2) is 10.3. The number of hydrogen-bond acceptors (Lipinski definition) is 4. The molecule has 2 aliphatic heterocycles. The molecule has 4 rings (SSSR count). The number of hydrogen-bond donors (Lipinski definition) is 2. The molecular weight excluding hydrogens is 487 g/mol. The minimum atomic E-state index is -2.82. The Balaban J connectivity index is 0.00000225. The van der Waals surface area contributed by atoms with Gasteiger partial charge in [-0.25, -0.2) is 8.42 Å². The number of likely N-dealkylation sites (tertiary alicyclic amines) is 1. The van der Waals surface area contributed by atoms with E-state index in [1.807, 2.05) is 0 Å². The van der Waals surface area contributed by atoms with Crippen LogP contribution >= 0.6 is 24.0 Å². The molecule has 2 saturated heterocycles. The summed E-state index contributed by atoms with van der Waals surface area (Å²) >= 11 is 0. The number of rotatable bonds is 5. The first-order valence-electron chi connectivity index (χ1n) is 11.1.